The molecule has 0 saturated heterocycles. The number of carbonyl (C=O) groups is 1. The fraction of sp³-hybridized carbons (Fsp3) is 0.286. The lowest BCUT2D eigenvalue weighted by Gasteiger charge is -2.05. The number of benzene rings is 1. The van der Waals surface area contributed by atoms with Gasteiger partial charge in [-0.05, 0) is 17.7 Å². The first-order valence-corrected chi connectivity index (χ1v) is 6.50. The normalized spacial score (nSPS) is 10.4. The second-order valence-corrected chi connectivity index (χ2v) is 4.79. The van der Waals surface area contributed by atoms with Gasteiger partial charge in [0.1, 0.15) is 5.82 Å². The van der Waals surface area contributed by atoms with Crippen LogP contribution >= 0.6 is 11.6 Å². The van der Waals surface area contributed by atoms with Crippen LogP contribution in [0.15, 0.2) is 36.7 Å². The van der Waals surface area contributed by atoms with Gasteiger partial charge in [0.2, 0.25) is 5.91 Å². The summed E-state index contributed by atoms with van der Waals surface area (Å²) in [6, 6.07) is 7.30. The minimum absolute atomic E-state index is 0.0107. The van der Waals surface area contributed by atoms with Gasteiger partial charge in [0.05, 0.1) is 6.42 Å². The van der Waals surface area contributed by atoms with E-state index in [2.05, 4.69) is 10.3 Å². The molecule has 100 valence electrons. The number of aromatic nitrogens is 2. The van der Waals surface area contributed by atoms with Gasteiger partial charge in [-0.3, -0.25) is 4.79 Å². The molecule has 0 radical (unpaired) electrons. The molecule has 2 rings (SSSR count). The Kier molecular flexibility index (Phi) is 4.58. The van der Waals surface area contributed by atoms with Gasteiger partial charge in [0.25, 0.3) is 0 Å². The Morgan fingerprint density at radius 3 is 2.74 bits per heavy atom. The number of hydrogen-bond acceptors (Lipinski definition) is 2. The van der Waals surface area contributed by atoms with Crippen molar-refractivity contribution in [3.05, 3.63) is 53.1 Å². The van der Waals surface area contributed by atoms with Crippen LogP contribution in [0.5, 0.6) is 0 Å². The Morgan fingerprint density at radius 2 is 2.11 bits per heavy atom. The summed E-state index contributed by atoms with van der Waals surface area (Å²) in [6.45, 7) is 0.595. The average Bonchev–Trinajstić information content (AvgIpc) is 2.78. The Morgan fingerprint density at radius 1 is 1.37 bits per heavy atom. The average molecular weight is 278 g/mol. The van der Waals surface area contributed by atoms with Crippen LogP contribution in [0.25, 0.3) is 0 Å². The molecule has 1 aromatic carbocycles. The summed E-state index contributed by atoms with van der Waals surface area (Å²) in [6.07, 6.45) is 4.75. The molecular weight excluding hydrogens is 262 g/mol. The number of amides is 1. The van der Waals surface area contributed by atoms with E-state index in [0.717, 1.165) is 17.8 Å². The van der Waals surface area contributed by atoms with Crippen LogP contribution in [0, 0.1) is 0 Å². The van der Waals surface area contributed by atoms with Crippen LogP contribution in [0.3, 0.4) is 0 Å². The third-order valence-corrected chi connectivity index (χ3v) is 3.12. The van der Waals surface area contributed by atoms with Crippen molar-refractivity contribution in [3.8, 4) is 0 Å². The van der Waals surface area contributed by atoms with E-state index in [0.29, 0.717) is 18.0 Å². The predicted octanol–water partition coefficient (Wildman–Crippen LogP) is 1.97. The first kappa shape index (κ1) is 13.6. The van der Waals surface area contributed by atoms with E-state index in [1.165, 1.54) is 0 Å². The quantitative estimate of drug-likeness (QED) is 0.908. The van der Waals surface area contributed by atoms with Crippen molar-refractivity contribution < 1.29 is 4.79 Å². The van der Waals surface area contributed by atoms with Gasteiger partial charge in [-0.1, -0.05) is 23.7 Å². The monoisotopic (exact) mass is 277 g/mol. The lowest BCUT2D eigenvalue weighted by atomic mass is 10.1. The van der Waals surface area contributed by atoms with Gasteiger partial charge in [0, 0.05) is 37.4 Å². The van der Waals surface area contributed by atoms with E-state index in [9.17, 15) is 4.79 Å². The van der Waals surface area contributed by atoms with Crippen LogP contribution in [-0.2, 0) is 24.7 Å². The van der Waals surface area contributed by atoms with E-state index in [1.54, 1.807) is 18.3 Å². The molecule has 1 heterocycles. The highest BCUT2D eigenvalue weighted by molar-refractivity contribution is 6.30. The number of rotatable bonds is 5. The predicted molar refractivity (Wildman–Crippen MR) is 75.1 cm³/mol. The molecule has 0 fully saturated rings. The maximum Gasteiger partial charge on any atom is 0.224 e. The van der Waals surface area contributed by atoms with Gasteiger partial charge in [-0.2, -0.15) is 0 Å². The van der Waals surface area contributed by atoms with Crippen molar-refractivity contribution in [1.82, 2.24) is 14.9 Å². The summed E-state index contributed by atoms with van der Waals surface area (Å²) in [5, 5.41) is 3.57. The molecule has 5 heteroatoms. The zero-order valence-corrected chi connectivity index (χ0v) is 11.5. The SMILES string of the molecule is Cn1ccnc1CCNC(=O)Cc1ccc(Cl)cc1. The second-order valence-electron chi connectivity index (χ2n) is 4.36. The first-order chi connectivity index (χ1) is 9.15. The molecule has 0 aliphatic rings. The highest BCUT2D eigenvalue weighted by Gasteiger charge is 2.04. The molecule has 1 aromatic heterocycles. The molecule has 0 aliphatic heterocycles. The van der Waals surface area contributed by atoms with Gasteiger partial charge in [-0.15, -0.1) is 0 Å². The van der Waals surface area contributed by atoms with Crippen LogP contribution in [0.4, 0.5) is 0 Å². The Labute approximate surface area is 117 Å². The molecule has 0 aliphatic carbocycles. The number of imidazole rings is 1. The van der Waals surface area contributed by atoms with Crippen LogP contribution in [-0.4, -0.2) is 22.0 Å². The standard InChI is InChI=1S/C14H16ClN3O/c1-18-9-8-16-13(18)6-7-17-14(19)10-11-2-4-12(15)5-3-11/h2-5,8-9H,6-7,10H2,1H3,(H,17,19). The molecule has 0 atom stereocenters. The smallest absolute Gasteiger partial charge is 0.224 e. The highest BCUT2D eigenvalue weighted by atomic mass is 35.5. The van der Waals surface area contributed by atoms with Crippen molar-refractivity contribution in [2.24, 2.45) is 7.05 Å². The lowest BCUT2D eigenvalue weighted by molar-refractivity contribution is -0.120. The number of nitrogens with one attached hydrogen (secondary N) is 1. The first-order valence-electron chi connectivity index (χ1n) is 6.12. The minimum Gasteiger partial charge on any atom is -0.355 e. The zero-order valence-electron chi connectivity index (χ0n) is 10.8. The van der Waals surface area contributed by atoms with Gasteiger partial charge in [0.15, 0.2) is 0 Å². The molecule has 0 saturated carbocycles. The summed E-state index contributed by atoms with van der Waals surface area (Å²) in [5.41, 5.74) is 0.957. The number of carbonyl (C=O) groups excluding carboxylic acids is 1. The zero-order chi connectivity index (χ0) is 13.7. The van der Waals surface area contributed by atoms with Crippen molar-refractivity contribution in [2.45, 2.75) is 12.8 Å². The molecule has 0 bridgehead atoms. The maximum atomic E-state index is 11.7. The van der Waals surface area contributed by atoms with E-state index in [-0.39, 0.29) is 5.91 Å². The minimum atomic E-state index is 0.0107. The molecule has 0 unspecified atom stereocenters. The highest BCUT2D eigenvalue weighted by Crippen LogP contribution is 2.09. The third-order valence-electron chi connectivity index (χ3n) is 2.87. The van der Waals surface area contributed by atoms with Crippen molar-refractivity contribution in [2.75, 3.05) is 6.54 Å². The van der Waals surface area contributed by atoms with E-state index in [1.807, 2.05) is 29.9 Å². The summed E-state index contributed by atoms with van der Waals surface area (Å²) in [4.78, 5) is 15.9. The van der Waals surface area contributed by atoms with E-state index in [4.69, 9.17) is 11.6 Å². The number of nitrogens with zero attached hydrogens (tertiary/aromatic N) is 2. The van der Waals surface area contributed by atoms with Gasteiger partial charge in [-0.25, -0.2) is 4.98 Å². The van der Waals surface area contributed by atoms with E-state index < -0.39 is 0 Å². The third kappa shape index (κ3) is 4.10. The molecule has 1 N–H and O–H groups in total. The number of aryl methyl sites for hydroxylation is 1. The lowest BCUT2D eigenvalue weighted by Crippen LogP contribution is -2.27. The van der Waals surface area contributed by atoms with Crippen LogP contribution in [0.1, 0.15) is 11.4 Å². The molecular formula is C14H16ClN3O. The van der Waals surface area contributed by atoms with E-state index >= 15 is 0 Å². The molecule has 1 amide bonds. The fourth-order valence-corrected chi connectivity index (χ4v) is 1.93. The Bertz CT molecular complexity index is 548. The Balaban J connectivity index is 1.76. The van der Waals surface area contributed by atoms with Gasteiger partial charge >= 0.3 is 0 Å². The molecule has 0 spiro atoms. The fourth-order valence-electron chi connectivity index (χ4n) is 1.80. The number of hydrogen-bond donors (Lipinski definition) is 1. The largest absolute Gasteiger partial charge is 0.355 e. The van der Waals surface area contributed by atoms with Gasteiger partial charge < -0.3 is 9.88 Å². The van der Waals surface area contributed by atoms with Crippen molar-refractivity contribution >= 4 is 17.5 Å². The summed E-state index contributed by atoms with van der Waals surface area (Å²) in [5.74, 6) is 0.975. The maximum absolute atomic E-state index is 11.7. The number of halogens is 1. The topological polar surface area (TPSA) is 46.9 Å². The van der Waals surface area contributed by atoms with Crippen molar-refractivity contribution in [1.29, 1.82) is 0 Å². The second kappa shape index (κ2) is 6.38. The molecule has 2 aromatic rings. The summed E-state index contributed by atoms with van der Waals surface area (Å²) < 4.78 is 1.95. The van der Waals surface area contributed by atoms with Crippen LogP contribution < -0.4 is 5.32 Å². The summed E-state index contributed by atoms with van der Waals surface area (Å²) >= 11 is 5.79. The summed E-state index contributed by atoms with van der Waals surface area (Å²) in [7, 11) is 1.94. The molecule has 19 heavy (non-hydrogen) atoms. The van der Waals surface area contributed by atoms with Crippen LogP contribution in [0.2, 0.25) is 5.02 Å². The molecule has 4 nitrogen and oxygen atoms in total. The van der Waals surface area contributed by atoms with Crippen molar-refractivity contribution in [3.63, 3.8) is 0 Å². The Hall–Kier alpha value is -1.81.